The lowest BCUT2D eigenvalue weighted by Gasteiger charge is -2.14. The molecule has 2 aromatic carbocycles. The third-order valence-corrected chi connectivity index (χ3v) is 5.71. The molecular formula is C15H12ClFN2O5S. The van der Waals surface area contributed by atoms with Gasteiger partial charge in [-0.15, -0.1) is 0 Å². The molecule has 0 aliphatic heterocycles. The summed E-state index contributed by atoms with van der Waals surface area (Å²) in [6.07, 6.45) is 0. The second kappa shape index (κ2) is 7.16. The molecule has 0 saturated carbocycles. The maximum Gasteiger partial charge on any atom is 0.269 e. The number of nitrogens with one attached hydrogen (secondary N) is 1. The third-order valence-electron chi connectivity index (χ3n) is 3.40. The maximum absolute atomic E-state index is 13.7. The summed E-state index contributed by atoms with van der Waals surface area (Å²) >= 11 is 5.61. The van der Waals surface area contributed by atoms with Crippen molar-refractivity contribution < 1.29 is 22.5 Å². The SMILES string of the molecule is C[C@@H](C(=O)Nc1ccc(Cl)cc1F)S(=O)(=O)c1ccc([N+](=O)[O-])cc1. The van der Waals surface area contributed by atoms with Crippen molar-refractivity contribution in [2.24, 2.45) is 0 Å². The Morgan fingerprint density at radius 2 is 1.84 bits per heavy atom. The third kappa shape index (κ3) is 4.12. The molecule has 0 unspecified atom stereocenters. The van der Waals surface area contributed by atoms with E-state index in [2.05, 4.69) is 5.32 Å². The van der Waals surface area contributed by atoms with Gasteiger partial charge in [0.15, 0.2) is 9.84 Å². The van der Waals surface area contributed by atoms with Crippen LogP contribution in [0.1, 0.15) is 6.92 Å². The van der Waals surface area contributed by atoms with Gasteiger partial charge in [-0.2, -0.15) is 0 Å². The molecule has 0 spiro atoms. The minimum absolute atomic E-state index is 0.127. The molecule has 0 aliphatic carbocycles. The molecule has 0 aromatic heterocycles. The van der Waals surface area contributed by atoms with Gasteiger partial charge in [-0.3, -0.25) is 14.9 Å². The summed E-state index contributed by atoms with van der Waals surface area (Å²) in [7, 11) is -4.10. The summed E-state index contributed by atoms with van der Waals surface area (Å²) in [5.74, 6) is -1.75. The van der Waals surface area contributed by atoms with Crippen LogP contribution in [-0.2, 0) is 14.6 Å². The molecule has 2 aromatic rings. The number of carbonyl (C=O) groups excluding carboxylic acids is 1. The molecule has 0 aliphatic rings. The van der Waals surface area contributed by atoms with Crippen LogP contribution >= 0.6 is 11.6 Å². The average Bonchev–Trinajstić information content (AvgIpc) is 2.56. The first kappa shape index (κ1) is 18.8. The molecule has 7 nitrogen and oxygen atoms in total. The number of hydrogen-bond acceptors (Lipinski definition) is 5. The number of benzene rings is 2. The molecular weight excluding hydrogens is 375 g/mol. The number of amides is 1. The molecule has 25 heavy (non-hydrogen) atoms. The zero-order valence-electron chi connectivity index (χ0n) is 12.8. The second-order valence-corrected chi connectivity index (χ2v) is 7.76. The predicted octanol–water partition coefficient (Wildman–Crippen LogP) is 3.19. The van der Waals surface area contributed by atoms with E-state index >= 15 is 0 Å². The topological polar surface area (TPSA) is 106 Å². The molecule has 0 saturated heterocycles. The average molecular weight is 387 g/mol. The summed E-state index contributed by atoms with van der Waals surface area (Å²) in [4.78, 5) is 21.8. The zero-order chi connectivity index (χ0) is 18.8. The maximum atomic E-state index is 13.7. The normalized spacial score (nSPS) is 12.4. The number of anilines is 1. The lowest BCUT2D eigenvalue weighted by molar-refractivity contribution is -0.384. The summed E-state index contributed by atoms with van der Waals surface area (Å²) < 4.78 is 38.6. The number of carbonyl (C=O) groups is 1. The molecule has 132 valence electrons. The fourth-order valence-corrected chi connectivity index (χ4v) is 3.35. The van der Waals surface area contributed by atoms with Crippen molar-refractivity contribution >= 4 is 38.7 Å². The smallest absolute Gasteiger partial charge is 0.269 e. The first-order chi connectivity index (χ1) is 11.6. The molecule has 10 heteroatoms. The number of hydrogen-bond donors (Lipinski definition) is 1. The summed E-state index contributed by atoms with van der Waals surface area (Å²) in [6.45, 7) is 1.14. The van der Waals surface area contributed by atoms with E-state index in [0.29, 0.717) is 0 Å². The van der Waals surface area contributed by atoms with Crippen LogP contribution in [0.3, 0.4) is 0 Å². The molecule has 0 fully saturated rings. The Balaban J connectivity index is 2.23. The fourth-order valence-electron chi connectivity index (χ4n) is 1.93. The minimum atomic E-state index is -4.10. The number of nitrogens with zero attached hydrogens (tertiary/aromatic N) is 1. The molecule has 0 bridgehead atoms. The Hall–Kier alpha value is -2.52. The van der Waals surface area contributed by atoms with Gasteiger partial charge >= 0.3 is 0 Å². The molecule has 0 radical (unpaired) electrons. The van der Waals surface area contributed by atoms with Crippen LogP contribution in [0.25, 0.3) is 0 Å². The van der Waals surface area contributed by atoms with Crippen LogP contribution in [0.5, 0.6) is 0 Å². The number of sulfone groups is 1. The lowest BCUT2D eigenvalue weighted by atomic mass is 10.3. The summed E-state index contributed by atoms with van der Waals surface area (Å²) in [5, 5.41) is 11.4. The van der Waals surface area contributed by atoms with Gasteiger partial charge in [0, 0.05) is 17.2 Å². The number of nitro benzene ring substituents is 1. The van der Waals surface area contributed by atoms with E-state index in [-0.39, 0.29) is 21.3 Å². The van der Waals surface area contributed by atoms with E-state index in [1.165, 1.54) is 12.1 Å². The van der Waals surface area contributed by atoms with Gasteiger partial charge in [0.2, 0.25) is 5.91 Å². The second-order valence-electron chi connectivity index (χ2n) is 5.05. The van der Waals surface area contributed by atoms with Crippen molar-refractivity contribution in [3.63, 3.8) is 0 Å². The van der Waals surface area contributed by atoms with Gasteiger partial charge in [0.25, 0.3) is 5.69 Å². The van der Waals surface area contributed by atoms with Crippen LogP contribution in [0, 0.1) is 15.9 Å². The number of non-ortho nitro benzene ring substituents is 1. The van der Waals surface area contributed by atoms with Crippen molar-refractivity contribution in [2.45, 2.75) is 17.1 Å². The van der Waals surface area contributed by atoms with Crippen molar-refractivity contribution in [1.82, 2.24) is 0 Å². The van der Waals surface area contributed by atoms with Crippen LogP contribution in [-0.4, -0.2) is 24.5 Å². The standard InChI is InChI=1S/C15H12ClFN2O5S/c1-9(15(20)18-14-7-2-10(16)8-13(14)17)25(23,24)12-5-3-11(4-6-12)19(21)22/h2-9H,1H3,(H,18,20)/t9-/m0/s1. The zero-order valence-corrected chi connectivity index (χ0v) is 14.3. The van der Waals surface area contributed by atoms with Gasteiger partial charge in [-0.05, 0) is 37.3 Å². The van der Waals surface area contributed by atoms with E-state index in [0.717, 1.165) is 37.3 Å². The number of nitro groups is 1. The lowest BCUT2D eigenvalue weighted by Crippen LogP contribution is -2.32. The Morgan fingerprint density at radius 1 is 1.24 bits per heavy atom. The van der Waals surface area contributed by atoms with E-state index in [4.69, 9.17) is 11.6 Å². The monoisotopic (exact) mass is 386 g/mol. The van der Waals surface area contributed by atoms with E-state index in [1.807, 2.05) is 0 Å². The van der Waals surface area contributed by atoms with Crippen molar-refractivity contribution in [1.29, 1.82) is 0 Å². The van der Waals surface area contributed by atoms with Gasteiger partial charge < -0.3 is 5.32 Å². The number of rotatable bonds is 5. The van der Waals surface area contributed by atoms with Crippen LogP contribution in [0.4, 0.5) is 15.8 Å². The van der Waals surface area contributed by atoms with Gasteiger partial charge in [-0.25, -0.2) is 12.8 Å². The van der Waals surface area contributed by atoms with Crippen molar-refractivity contribution in [3.8, 4) is 0 Å². The van der Waals surface area contributed by atoms with Crippen LogP contribution < -0.4 is 5.32 Å². The minimum Gasteiger partial charge on any atom is -0.322 e. The number of halogens is 2. The van der Waals surface area contributed by atoms with Gasteiger partial charge in [-0.1, -0.05) is 11.6 Å². The highest BCUT2D eigenvalue weighted by Crippen LogP contribution is 2.23. The largest absolute Gasteiger partial charge is 0.322 e. The predicted molar refractivity (Wildman–Crippen MR) is 89.8 cm³/mol. The molecule has 1 N–H and O–H groups in total. The Kier molecular flexibility index (Phi) is 5.39. The first-order valence-corrected chi connectivity index (χ1v) is 8.79. The van der Waals surface area contributed by atoms with Gasteiger partial charge in [0.05, 0.1) is 15.5 Å². The highest BCUT2D eigenvalue weighted by Gasteiger charge is 2.30. The fraction of sp³-hybridized carbons (Fsp3) is 0.133. The first-order valence-electron chi connectivity index (χ1n) is 6.87. The highest BCUT2D eigenvalue weighted by molar-refractivity contribution is 7.92. The van der Waals surface area contributed by atoms with Gasteiger partial charge in [0.1, 0.15) is 11.1 Å². The van der Waals surface area contributed by atoms with E-state index in [9.17, 15) is 27.7 Å². The van der Waals surface area contributed by atoms with E-state index in [1.54, 1.807) is 0 Å². The quantitative estimate of drug-likeness (QED) is 0.627. The Labute approximate surface area is 147 Å². The van der Waals surface area contributed by atoms with Crippen LogP contribution in [0.15, 0.2) is 47.4 Å². The highest BCUT2D eigenvalue weighted by atomic mass is 35.5. The molecule has 1 atom stereocenters. The van der Waals surface area contributed by atoms with Crippen LogP contribution in [0.2, 0.25) is 5.02 Å². The van der Waals surface area contributed by atoms with Crippen molar-refractivity contribution in [3.05, 3.63) is 63.4 Å². The summed E-state index contributed by atoms with van der Waals surface area (Å²) in [5.41, 5.74) is -0.487. The van der Waals surface area contributed by atoms with Crippen molar-refractivity contribution in [2.75, 3.05) is 5.32 Å². The Bertz CT molecular complexity index is 931. The molecule has 1 amide bonds. The molecule has 2 rings (SSSR count). The molecule has 0 heterocycles. The van der Waals surface area contributed by atoms with E-state index < -0.39 is 31.7 Å². The Morgan fingerprint density at radius 3 is 2.36 bits per heavy atom. The summed E-state index contributed by atoms with van der Waals surface area (Å²) in [6, 6.07) is 7.66.